The average Bonchev–Trinajstić information content (AvgIpc) is 2.57. The van der Waals surface area contributed by atoms with Gasteiger partial charge in [0.15, 0.2) is 0 Å². The largest absolute Gasteiger partial charge is 0.392 e. The first-order valence-corrected chi connectivity index (χ1v) is 7.44. The number of rotatable bonds is 2. The van der Waals surface area contributed by atoms with Crippen LogP contribution in [0.3, 0.4) is 0 Å². The molecule has 22 heavy (non-hydrogen) atoms. The van der Waals surface area contributed by atoms with Crippen molar-refractivity contribution in [3.8, 4) is 0 Å². The van der Waals surface area contributed by atoms with Crippen LogP contribution in [0.25, 0.3) is 0 Å². The number of hydrogen-bond acceptors (Lipinski definition) is 5. The average molecular weight is 304 g/mol. The second kappa shape index (κ2) is 6.02. The fraction of sp³-hybridized carbons (Fsp3) is 0.533. The summed E-state index contributed by atoms with van der Waals surface area (Å²) in [5.41, 5.74) is 0.974. The molecule has 0 aliphatic carbocycles. The fourth-order valence-electron chi connectivity index (χ4n) is 3.00. The highest BCUT2D eigenvalue weighted by Gasteiger charge is 2.38. The van der Waals surface area contributed by atoms with E-state index in [0.717, 1.165) is 13.1 Å². The Morgan fingerprint density at radius 3 is 2.91 bits per heavy atom. The summed E-state index contributed by atoms with van der Waals surface area (Å²) in [6.07, 6.45) is 1.52. The molecule has 0 saturated carbocycles. The molecule has 2 fully saturated rings. The molecule has 3 rings (SSSR count). The standard InChI is InChI=1S/C15H20N4O3/c1-17-4-5-18-6-7-19(9-13(18)15(17)22)14(21)12-8-11(10-20)2-3-16-12/h2-3,8,13,20H,4-7,9-10H2,1H3/t13-/m1/s1. The van der Waals surface area contributed by atoms with Crippen LogP contribution < -0.4 is 0 Å². The molecular weight excluding hydrogens is 284 g/mol. The smallest absolute Gasteiger partial charge is 0.272 e. The number of amides is 2. The van der Waals surface area contributed by atoms with E-state index in [1.807, 2.05) is 0 Å². The molecule has 2 saturated heterocycles. The van der Waals surface area contributed by atoms with Gasteiger partial charge < -0.3 is 14.9 Å². The van der Waals surface area contributed by atoms with E-state index in [1.54, 1.807) is 29.0 Å². The number of aliphatic hydroxyl groups is 1. The molecule has 0 aromatic carbocycles. The van der Waals surface area contributed by atoms with Gasteiger partial charge in [0.05, 0.1) is 6.61 Å². The van der Waals surface area contributed by atoms with E-state index in [0.29, 0.717) is 30.9 Å². The Hall–Kier alpha value is -1.99. The van der Waals surface area contributed by atoms with Crippen molar-refractivity contribution in [3.63, 3.8) is 0 Å². The highest BCUT2D eigenvalue weighted by molar-refractivity contribution is 5.93. The molecule has 2 amide bonds. The second-order valence-corrected chi connectivity index (χ2v) is 5.77. The molecular formula is C15H20N4O3. The Balaban J connectivity index is 1.75. The topological polar surface area (TPSA) is 77.0 Å². The number of hydrogen-bond donors (Lipinski definition) is 1. The molecule has 0 unspecified atom stereocenters. The van der Waals surface area contributed by atoms with Gasteiger partial charge in [0.2, 0.25) is 5.91 Å². The van der Waals surface area contributed by atoms with Crippen LogP contribution in [-0.2, 0) is 11.4 Å². The molecule has 2 aliphatic rings. The van der Waals surface area contributed by atoms with Crippen LogP contribution in [-0.4, -0.2) is 82.4 Å². The minimum Gasteiger partial charge on any atom is -0.392 e. The Kier molecular flexibility index (Phi) is 4.08. The van der Waals surface area contributed by atoms with E-state index < -0.39 is 0 Å². The molecule has 3 heterocycles. The summed E-state index contributed by atoms with van der Waals surface area (Å²) in [6.45, 7) is 3.17. The summed E-state index contributed by atoms with van der Waals surface area (Å²) in [5, 5.41) is 9.16. The van der Waals surface area contributed by atoms with Gasteiger partial charge in [0.1, 0.15) is 11.7 Å². The molecule has 7 nitrogen and oxygen atoms in total. The monoisotopic (exact) mass is 304 g/mol. The van der Waals surface area contributed by atoms with Crippen LogP contribution in [0, 0.1) is 0 Å². The third kappa shape index (κ3) is 2.69. The summed E-state index contributed by atoms with van der Waals surface area (Å²) in [5.74, 6) is -0.114. The minimum atomic E-state index is -0.252. The molecule has 7 heteroatoms. The van der Waals surface area contributed by atoms with E-state index in [1.165, 1.54) is 6.20 Å². The highest BCUT2D eigenvalue weighted by Crippen LogP contribution is 2.17. The molecule has 1 atom stereocenters. The first kappa shape index (κ1) is 14.9. The lowest BCUT2D eigenvalue weighted by molar-refractivity contribution is -0.142. The Morgan fingerprint density at radius 2 is 2.14 bits per heavy atom. The van der Waals surface area contributed by atoms with E-state index >= 15 is 0 Å². The predicted molar refractivity (Wildman–Crippen MR) is 79.1 cm³/mol. The van der Waals surface area contributed by atoms with Gasteiger partial charge in [-0.05, 0) is 17.7 Å². The summed E-state index contributed by atoms with van der Waals surface area (Å²) < 4.78 is 0. The zero-order valence-electron chi connectivity index (χ0n) is 12.6. The van der Waals surface area contributed by atoms with Crippen molar-refractivity contribution < 1.29 is 14.7 Å². The van der Waals surface area contributed by atoms with Crippen LogP contribution in [0.1, 0.15) is 16.1 Å². The molecule has 0 bridgehead atoms. The second-order valence-electron chi connectivity index (χ2n) is 5.77. The minimum absolute atomic E-state index is 0.0702. The normalized spacial score (nSPS) is 22.6. The molecule has 118 valence electrons. The van der Waals surface area contributed by atoms with E-state index in [2.05, 4.69) is 9.88 Å². The van der Waals surface area contributed by atoms with Crippen molar-refractivity contribution in [3.05, 3.63) is 29.6 Å². The number of carbonyl (C=O) groups is 2. The zero-order valence-corrected chi connectivity index (χ0v) is 12.6. The molecule has 1 N–H and O–H groups in total. The van der Waals surface area contributed by atoms with Gasteiger partial charge in [-0.2, -0.15) is 0 Å². The number of carbonyl (C=O) groups excluding carboxylic acids is 2. The SMILES string of the molecule is CN1CCN2CCN(C(=O)c3cc(CO)ccn3)C[C@@H]2C1=O. The van der Waals surface area contributed by atoms with Crippen LogP contribution in [0.5, 0.6) is 0 Å². The van der Waals surface area contributed by atoms with Crippen LogP contribution in [0.15, 0.2) is 18.3 Å². The number of aliphatic hydroxyl groups excluding tert-OH is 1. The number of likely N-dealkylation sites (N-methyl/N-ethyl adjacent to an activating group) is 1. The van der Waals surface area contributed by atoms with Crippen LogP contribution in [0.2, 0.25) is 0 Å². The first-order chi connectivity index (χ1) is 10.6. The Morgan fingerprint density at radius 1 is 1.36 bits per heavy atom. The van der Waals surface area contributed by atoms with E-state index in [-0.39, 0.29) is 24.5 Å². The van der Waals surface area contributed by atoms with Gasteiger partial charge in [0.25, 0.3) is 5.91 Å². The molecule has 2 aliphatic heterocycles. The van der Waals surface area contributed by atoms with Crippen molar-refractivity contribution in [2.75, 3.05) is 39.8 Å². The summed E-state index contributed by atoms with van der Waals surface area (Å²) >= 11 is 0. The number of nitrogens with zero attached hydrogens (tertiary/aromatic N) is 4. The van der Waals surface area contributed by atoms with E-state index in [9.17, 15) is 9.59 Å². The van der Waals surface area contributed by atoms with Gasteiger partial charge in [0, 0.05) is 46.0 Å². The van der Waals surface area contributed by atoms with Gasteiger partial charge in [-0.25, -0.2) is 0 Å². The van der Waals surface area contributed by atoms with Crippen molar-refractivity contribution in [2.24, 2.45) is 0 Å². The van der Waals surface area contributed by atoms with Crippen LogP contribution in [0.4, 0.5) is 0 Å². The van der Waals surface area contributed by atoms with Crippen LogP contribution >= 0.6 is 0 Å². The lowest BCUT2D eigenvalue weighted by Crippen LogP contribution is -2.64. The molecule has 1 aromatic heterocycles. The fourth-order valence-corrected chi connectivity index (χ4v) is 3.00. The predicted octanol–water partition coefficient (Wildman–Crippen LogP) is -0.828. The maximum Gasteiger partial charge on any atom is 0.272 e. The maximum atomic E-state index is 12.6. The molecule has 0 radical (unpaired) electrons. The van der Waals surface area contributed by atoms with Gasteiger partial charge in [-0.15, -0.1) is 0 Å². The lowest BCUT2D eigenvalue weighted by Gasteiger charge is -2.45. The maximum absolute atomic E-state index is 12.6. The third-order valence-corrected chi connectivity index (χ3v) is 4.39. The zero-order chi connectivity index (χ0) is 15.7. The van der Waals surface area contributed by atoms with Crippen molar-refractivity contribution in [2.45, 2.75) is 12.6 Å². The Labute approximate surface area is 129 Å². The van der Waals surface area contributed by atoms with Crippen molar-refractivity contribution >= 4 is 11.8 Å². The van der Waals surface area contributed by atoms with Crippen molar-refractivity contribution in [1.29, 1.82) is 0 Å². The quantitative estimate of drug-likeness (QED) is 0.772. The van der Waals surface area contributed by atoms with Gasteiger partial charge in [-0.3, -0.25) is 19.5 Å². The van der Waals surface area contributed by atoms with Crippen molar-refractivity contribution in [1.82, 2.24) is 19.7 Å². The molecule has 0 spiro atoms. The summed E-state index contributed by atoms with van der Waals surface area (Å²) in [7, 11) is 1.80. The molecule has 1 aromatic rings. The van der Waals surface area contributed by atoms with Gasteiger partial charge in [-0.1, -0.05) is 0 Å². The summed E-state index contributed by atoms with van der Waals surface area (Å²) in [4.78, 5) is 34.5. The number of pyridine rings is 1. The highest BCUT2D eigenvalue weighted by atomic mass is 16.3. The Bertz CT molecular complexity index is 592. The number of aromatic nitrogens is 1. The third-order valence-electron chi connectivity index (χ3n) is 4.39. The first-order valence-electron chi connectivity index (χ1n) is 7.44. The number of piperazine rings is 2. The lowest BCUT2D eigenvalue weighted by atomic mass is 10.1. The number of fused-ring (bicyclic) bond motifs is 1. The van der Waals surface area contributed by atoms with Gasteiger partial charge >= 0.3 is 0 Å². The van der Waals surface area contributed by atoms with E-state index in [4.69, 9.17) is 5.11 Å². The summed E-state index contributed by atoms with van der Waals surface area (Å²) in [6, 6.07) is 3.02.